The first kappa shape index (κ1) is 33.6. The lowest BCUT2D eigenvalue weighted by Crippen LogP contribution is -2.46. The van der Waals surface area contributed by atoms with E-state index in [0.717, 1.165) is 80.1 Å². The summed E-state index contributed by atoms with van der Waals surface area (Å²) in [5.41, 5.74) is 10.5. The van der Waals surface area contributed by atoms with E-state index in [1.54, 1.807) is 6.20 Å². The van der Waals surface area contributed by atoms with Crippen molar-refractivity contribution in [3.8, 4) is 0 Å². The molecule has 0 bridgehead atoms. The van der Waals surface area contributed by atoms with Gasteiger partial charge < -0.3 is 26.0 Å². The molecule has 0 saturated carbocycles. The lowest BCUT2D eigenvalue weighted by molar-refractivity contribution is 0.194. The smallest absolute Gasteiger partial charge is 0.204 e. The number of hydrogen-bond donors (Lipinski definition) is 2. The fraction of sp³-hybridized carbons (Fsp3) is 0.560. The first-order chi connectivity index (χ1) is 16.0. The Bertz CT molecular complexity index is 1120. The van der Waals surface area contributed by atoms with Crippen LogP contribution in [0.2, 0.25) is 5.15 Å². The lowest BCUT2D eigenvalue weighted by atomic mass is 9.95. The third-order valence-corrected chi connectivity index (χ3v) is 7.39. The molecular formula is C25H39Cl4N7O. The van der Waals surface area contributed by atoms with E-state index in [2.05, 4.69) is 51.8 Å². The monoisotopic (exact) mass is 593 g/mol. The maximum atomic E-state index is 6.31. The van der Waals surface area contributed by atoms with Gasteiger partial charge in [0, 0.05) is 31.7 Å². The summed E-state index contributed by atoms with van der Waals surface area (Å²) in [6, 6.07) is 9.06. The molecule has 0 amide bonds. The molecule has 5 rings (SSSR count). The molecule has 2 unspecified atom stereocenters. The highest BCUT2D eigenvalue weighted by molar-refractivity contribution is 6.29. The number of halogens is 4. The molecule has 1 aromatic carbocycles. The third-order valence-electron chi connectivity index (χ3n) is 7.21. The van der Waals surface area contributed by atoms with E-state index in [9.17, 15) is 0 Å². The van der Waals surface area contributed by atoms with Crippen LogP contribution in [0.1, 0.15) is 57.0 Å². The Kier molecular flexibility index (Phi) is 13.3. The van der Waals surface area contributed by atoms with Crippen molar-refractivity contribution in [3.05, 3.63) is 47.0 Å². The van der Waals surface area contributed by atoms with Crippen LogP contribution in [0.5, 0.6) is 0 Å². The van der Waals surface area contributed by atoms with Gasteiger partial charge in [0.25, 0.3) is 0 Å². The van der Waals surface area contributed by atoms with E-state index in [1.165, 1.54) is 0 Å². The number of aryl methyl sites for hydroxylation is 1. The standard InChI is InChI=1S/C25H34ClN7.3ClH.H2O/c1-16(2)18(27)15-32-12-10-17(11-13-32)29-25-30-19-6-3-4-8-21(19)33(25)22-9-5-7-20-24(22)31-23(26)14-28-20;;;;/h3-4,6,8,14,16-18,22H,5,7,9-13,15,27H2,1-2H3,(H,29,30);3*1H;1H2. The lowest BCUT2D eigenvalue weighted by Gasteiger charge is -2.35. The summed E-state index contributed by atoms with van der Waals surface area (Å²) in [4.78, 5) is 16.8. The van der Waals surface area contributed by atoms with Crippen molar-refractivity contribution in [1.29, 1.82) is 0 Å². The molecule has 2 atom stereocenters. The SMILES string of the molecule is CC(C)C(N)CN1CCC(Nc2nc3ccccc3n2C2CCCc3ncc(Cl)nc32)CC1.Cl.Cl.Cl.O. The average molecular weight is 595 g/mol. The molecule has 1 aliphatic heterocycles. The number of nitrogens with zero attached hydrogens (tertiary/aromatic N) is 5. The Morgan fingerprint density at radius 2 is 1.78 bits per heavy atom. The van der Waals surface area contributed by atoms with Gasteiger partial charge in [-0.05, 0) is 50.2 Å². The molecule has 2 aliphatic rings. The number of nitrogens with one attached hydrogen (secondary N) is 1. The highest BCUT2D eigenvalue weighted by Gasteiger charge is 2.30. The Morgan fingerprint density at radius 1 is 1.08 bits per heavy atom. The molecule has 2 aromatic heterocycles. The van der Waals surface area contributed by atoms with Gasteiger partial charge >= 0.3 is 0 Å². The maximum Gasteiger partial charge on any atom is 0.204 e. The molecule has 208 valence electrons. The van der Waals surface area contributed by atoms with Gasteiger partial charge in [-0.2, -0.15) is 0 Å². The number of benzene rings is 1. The van der Waals surface area contributed by atoms with Crippen molar-refractivity contribution in [2.75, 3.05) is 25.0 Å². The average Bonchev–Trinajstić information content (AvgIpc) is 3.17. The molecule has 1 aliphatic carbocycles. The molecule has 0 spiro atoms. The van der Waals surface area contributed by atoms with E-state index in [4.69, 9.17) is 27.3 Å². The fourth-order valence-corrected chi connectivity index (χ4v) is 5.27. The van der Waals surface area contributed by atoms with Crippen molar-refractivity contribution in [3.63, 3.8) is 0 Å². The number of aromatic nitrogens is 4. The molecule has 1 saturated heterocycles. The molecule has 12 heteroatoms. The van der Waals surface area contributed by atoms with Crippen molar-refractivity contribution in [2.45, 2.75) is 64.1 Å². The molecule has 0 radical (unpaired) electrons. The van der Waals surface area contributed by atoms with Gasteiger partial charge in [-0.25, -0.2) is 9.97 Å². The van der Waals surface area contributed by atoms with Crippen LogP contribution in [-0.4, -0.2) is 61.6 Å². The quantitative estimate of drug-likeness (QED) is 0.427. The van der Waals surface area contributed by atoms with Crippen LogP contribution in [0.15, 0.2) is 30.5 Å². The van der Waals surface area contributed by atoms with Gasteiger partial charge in [-0.3, -0.25) is 4.98 Å². The summed E-state index contributed by atoms with van der Waals surface area (Å²) in [5, 5.41) is 4.24. The van der Waals surface area contributed by atoms with Crippen LogP contribution in [0.4, 0.5) is 5.95 Å². The summed E-state index contributed by atoms with van der Waals surface area (Å²) < 4.78 is 2.33. The maximum absolute atomic E-state index is 6.31. The van der Waals surface area contributed by atoms with E-state index in [1.807, 2.05) is 6.07 Å². The number of piperidine rings is 1. The highest BCUT2D eigenvalue weighted by atomic mass is 35.5. The first-order valence-electron chi connectivity index (χ1n) is 12.2. The summed E-state index contributed by atoms with van der Waals surface area (Å²) in [6.07, 6.45) is 6.86. The van der Waals surface area contributed by atoms with E-state index in [-0.39, 0.29) is 54.8 Å². The van der Waals surface area contributed by atoms with Gasteiger partial charge in [-0.1, -0.05) is 37.6 Å². The number of para-hydroxylation sites is 2. The molecule has 3 aromatic rings. The first-order valence-corrected chi connectivity index (χ1v) is 12.6. The van der Waals surface area contributed by atoms with Gasteiger partial charge in [0.05, 0.1) is 34.7 Å². The number of anilines is 1. The topological polar surface area (TPSA) is 116 Å². The van der Waals surface area contributed by atoms with Crippen LogP contribution >= 0.6 is 48.8 Å². The van der Waals surface area contributed by atoms with Crippen molar-refractivity contribution < 1.29 is 5.48 Å². The molecule has 1 fully saturated rings. The second-order valence-corrected chi connectivity index (χ2v) is 10.2. The number of hydrogen-bond acceptors (Lipinski definition) is 6. The zero-order valence-electron chi connectivity index (χ0n) is 21.3. The largest absolute Gasteiger partial charge is 0.412 e. The minimum Gasteiger partial charge on any atom is -0.412 e. The van der Waals surface area contributed by atoms with Crippen LogP contribution in [0, 0.1) is 5.92 Å². The Hall–Kier alpha value is -1.39. The van der Waals surface area contributed by atoms with Crippen LogP contribution < -0.4 is 11.1 Å². The van der Waals surface area contributed by atoms with Crippen LogP contribution in [0.25, 0.3) is 11.0 Å². The normalized spacial score (nSPS) is 18.6. The summed E-state index contributed by atoms with van der Waals surface area (Å²) >= 11 is 6.26. The number of likely N-dealkylation sites (tertiary alicyclic amines) is 1. The summed E-state index contributed by atoms with van der Waals surface area (Å²) in [6.45, 7) is 7.49. The molecule has 3 heterocycles. The molecule has 8 nitrogen and oxygen atoms in total. The number of rotatable bonds is 6. The predicted molar refractivity (Wildman–Crippen MR) is 159 cm³/mol. The van der Waals surface area contributed by atoms with E-state index >= 15 is 0 Å². The Balaban J connectivity index is 0.00000171. The second-order valence-electron chi connectivity index (χ2n) is 9.85. The summed E-state index contributed by atoms with van der Waals surface area (Å²) in [5.74, 6) is 1.43. The van der Waals surface area contributed by atoms with Crippen molar-refractivity contribution in [2.24, 2.45) is 11.7 Å². The number of fused-ring (bicyclic) bond motifs is 2. The van der Waals surface area contributed by atoms with Crippen LogP contribution in [0.3, 0.4) is 0 Å². The number of imidazole rings is 1. The fourth-order valence-electron chi connectivity index (χ4n) is 5.13. The highest BCUT2D eigenvalue weighted by Crippen LogP contribution is 2.36. The number of nitrogens with two attached hydrogens (primary N) is 1. The second kappa shape index (κ2) is 14.7. The molecule has 5 N–H and O–H groups in total. The minimum atomic E-state index is 0. The predicted octanol–water partition coefficient (Wildman–Crippen LogP) is 4.71. The Labute approximate surface area is 242 Å². The third kappa shape index (κ3) is 7.38. The van der Waals surface area contributed by atoms with Gasteiger partial charge in [0.1, 0.15) is 5.15 Å². The van der Waals surface area contributed by atoms with E-state index < -0.39 is 0 Å². The molecular weight excluding hydrogens is 556 g/mol. The van der Waals surface area contributed by atoms with Gasteiger partial charge in [0.15, 0.2) is 0 Å². The van der Waals surface area contributed by atoms with Gasteiger partial charge in [0.2, 0.25) is 5.95 Å². The van der Waals surface area contributed by atoms with Crippen LogP contribution in [-0.2, 0) is 6.42 Å². The molecule has 37 heavy (non-hydrogen) atoms. The van der Waals surface area contributed by atoms with Crippen molar-refractivity contribution in [1.82, 2.24) is 24.4 Å². The van der Waals surface area contributed by atoms with E-state index in [0.29, 0.717) is 17.1 Å². The zero-order chi connectivity index (χ0) is 22.9. The minimum absolute atomic E-state index is 0. The zero-order valence-corrected chi connectivity index (χ0v) is 24.5. The van der Waals surface area contributed by atoms with Gasteiger partial charge in [-0.15, -0.1) is 37.2 Å². The van der Waals surface area contributed by atoms with Crippen molar-refractivity contribution >= 4 is 65.8 Å². The summed E-state index contributed by atoms with van der Waals surface area (Å²) in [7, 11) is 0. The Morgan fingerprint density at radius 3 is 2.49 bits per heavy atom.